The van der Waals surface area contributed by atoms with Gasteiger partial charge in [-0.3, -0.25) is 4.79 Å². The number of ether oxygens (including phenoxy) is 1. The molecule has 19 heavy (non-hydrogen) atoms. The topological polar surface area (TPSA) is 55.4 Å². The lowest BCUT2D eigenvalue weighted by Gasteiger charge is -2.15. The van der Waals surface area contributed by atoms with Crippen LogP contribution < -0.4 is 5.32 Å². The Kier molecular flexibility index (Phi) is 7.32. The van der Waals surface area contributed by atoms with Crippen LogP contribution in [-0.2, 0) is 20.7 Å². The Balaban J connectivity index is 2.47. The summed E-state index contributed by atoms with van der Waals surface area (Å²) >= 11 is 0. The van der Waals surface area contributed by atoms with Crippen molar-refractivity contribution in [3.63, 3.8) is 0 Å². The lowest BCUT2D eigenvalue weighted by atomic mass is 10.1. The number of benzene rings is 1. The van der Waals surface area contributed by atoms with Gasteiger partial charge in [0, 0.05) is 6.42 Å². The number of amides is 1. The van der Waals surface area contributed by atoms with Crippen LogP contribution >= 0.6 is 0 Å². The molecule has 104 valence electrons. The predicted octanol–water partition coefficient (Wildman–Crippen LogP) is 2.08. The van der Waals surface area contributed by atoms with Gasteiger partial charge in [0.25, 0.3) is 0 Å². The summed E-state index contributed by atoms with van der Waals surface area (Å²) in [5.41, 5.74) is 0.993. The number of carbonyl (C=O) groups is 2. The van der Waals surface area contributed by atoms with Gasteiger partial charge in [0.05, 0.1) is 6.61 Å². The molecule has 1 rings (SSSR count). The molecule has 1 amide bonds. The predicted molar refractivity (Wildman–Crippen MR) is 73.6 cm³/mol. The molecule has 0 aliphatic rings. The molecule has 0 radical (unpaired) electrons. The number of hydrogen-bond acceptors (Lipinski definition) is 3. The zero-order chi connectivity index (χ0) is 13.9. The largest absolute Gasteiger partial charge is 0.464 e. The van der Waals surface area contributed by atoms with E-state index >= 15 is 0 Å². The van der Waals surface area contributed by atoms with Crippen molar-refractivity contribution in [3.8, 4) is 0 Å². The zero-order valence-electron chi connectivity index (χ0n) is 11.3. The van der Waals surface area contributed by atoms with Gasteiger partial charge in [-0.05, 0) is 12.0 Å². The Morgan fingerprint density at radius 2 is 2.05 bits per heavy atom. The first-order valence-electron chi connectivity index (χ1n) is 6.68. The van der Waals surface area contributed by atoms with Crippen molar-refractivity contribution >= 4 is 12.4 Å². The van der Waals surface area contributed by atoms with Crippen molar-refractivity contribution in [2.45, 2.75) is 38.6 Å². The summed E-state index contributed by atoms with van der Waals surface area (Å²) in [7, 11) is 0. The Bertz CT molecular complexity index is 378. The number of unbranched alkanes of at least 4 members (excludes halogenated alkanes) is 2. The van der Waals surface area contributed by atoms with Crippen LogP contribution in [0.25, 0.3) is 0 Å². The molecular formula is C15H21NO3. The summed E-state index contributed by atoms with van der Waals surface area (Å²) in [6, 6.07) is 8.95. The second-order valence-corrected chi connectivity index (χ2v) is 4.40. The fourth-order valence-corrected chi connectivity index (χ4v) is 1.77. The first-order chi connectivity index (χ1) is 9.27. The Morgan fingerprint density at radius 3 is 2.68 bits per heavy atom. The maximum absolute atomic E-state index is 11.9. The molecule has 0 spiro atoms. The van der Waals surface area contributed by atoms with E-state index in [1.165, 1.54) is 0 Å². The Morgan fingerprint density at radius 1 is 1.32 bits per heavy atom. The van der Waals surface area contributed by atoms with Crippen LogP contribution in [0.5, 0.6) is 0 Å². The monoisotopic (exact) mass is 263 g/mol. The number of esters is 1. The molecule has 1 atom stereocenters. The van der Waals surface area contributed by atoms with Gasteiger partial charge in [-0.25, -0.2) is 4.79 Å². The minimum absolute atomic E-state index is 0.368. The molecule has 0 saturated heterocycles. The van der Waals surface area contributed by atoms with Gasteiger partial charge in [-0.1, -0.05) is 50.1 Å². The molecule has 1 aromatic carbocycles. The number of nitrogens with one attached hydrogen (secondary N) is 1. The quantitative estimate of drug-likeness (QED) is 0.421. The minimum atomic E-state index is -0.610. The van der Waals surface area contributed by atoms with Crippen molar-refractivity contribution in [2.24, 2.45) is 0 Å². The molecular weight excluding hydrogens is 242 g/mol. The van der Waals surface area contributed by atoms with Crippen LogP contribution in [0, 0.1) is 0 Å². The number of hydrogen-bond donors (Lipinski definition) is 1. The second-order valence-electron chi connectivity index (χ2n) is 4.40. The molecule has 4 nitrogen and oxygen atoms in total. The summed E-state index contributed by atoms with van der Waals surface area (Å²) in [6.45, 7) is 2.51. The Labute approximate surface area is 114 Å². The van der Waals surface area contributed by atoms with Gasteiger partial charge < -0.3 is 10.1 Å². The average Bonchev–Trinajstić information content (AvgIpc) is 2.44. The van der Waals surface area contributed by atoms with Gasteiger partial charge in [-0.15, -0.1) is 0 Å². The standard InChI is InChI=1S/C15H21NO3/c1-2-3-7-10-19-15(18)14(16-12-17)11-13-8-5-4-6-9-13/h4-6,8-9,12,14H,2-3,7,10-11H2,1H3,(H,16,17). The highest BCUT2D eigenvalue weighted by molar-refractivity contribution is 5.78. The van der Waals surface area contributed by atoms with E-state index in [4.69, 9.17) is 4.74 Å². The van der Waals surface area contributed by atoms with Crippen molar-refractivity contribution in [1.82, 2.24) is 5.32 Å². The summed E-state index contributed by atoms with van der Waals surface area (Å²) in [5, 5.41) is 2.52. The summed E-state index contributed by atoms with van der Waals surface area (Å²) < 4.78 is 5.17. The van der Waals surface area contributed by atoms with Crippen LogP contribution in [-0.4, -0.2) is 25.0 Å². The minimum Gasteiger partial charge on any atom is -0.464 e. The fraction of sp³-hybridized carbons (Fsp3) is 0.467. The second kappa shape index (κ2) is 9.14. The van der Waals surface area contributed by atoms with Gasteiger partial charge in [0.15, 0.2) is 0 Å². The lowest BCUT2D eigenvalue weighted by Crippen LogP contribution is -2.39. The van der Waals surface area contributed by atoms with Gasteiger partial charge in [-0.2, -0.15) is 0 Å². The summed E-state index contributed by atoms with van der Waals surface area (Å²) in [4.78, 5) is 22.4. The number of rotatable bonds is 9. The molecule has 1 unspecified atom stereocenters. The average molecular weight is 263 g/mol. The van der Waals surface area contributed by atoms with E-state index in [2.05, 4.69) is 12.2 Å². The first-order valence-corrected chi connectivity index (χ1v) is 6.68. The third-order valence-electron chi connectivity index (χ3n) is 2.83. The Hall–Kier alpha value is -1.84. The van der Waals surface area contributed by atoms with E-state index in [1.54, 1.807) is 0 Å². The maximum atomic E-state index is 11.9. The van der Waals surface area contributed by atoms with Gasteiger partial charge in [0.1, 0.15) is 6.04 Å². The first kappa shape index (κ1) is 15.2. The molecule has 0 fully saturated rings. The SMILES string of the molecule is CCCCCOC(=O)C(Cc1ccccc1)NC=O. The normalized spacial score (nSPS) is 11.6. The molecule has 0 bridgehead atoms. The van der Waals surface area contributed by atoms with E-state index < -0.39 is 6.04 Å². The molecule has 0 aliphatic carbocycles. The van der Waals surface area contributed by atoms with Crippen LogP contribution in [0.15, 0.2) is 30.3 Å². The zero-order valence-corrected chi connectivity index (χ0v) is 11.3. The van der Waals surface area contributed by atoms with Crippen LogP contribution in [0.3, 0.4) is 0 Å². The highest BCUT2D eigenvalue weighted by Crippen LogP contribution is 2.05. The van der Waals surface area contributed by atoms with Crippen LogP contribution in [0.2, 0.25) is 0 Å². The van der Waals surface area contributed by atoms with Crippen molar-refractivity contribution in [1.29, 1.82) is 0 Å². The highest BCUT2D eigenvalue weighted by atomic mass is 16.5. The fourth-order valence-electron chi connectivity index (χ4n) is 1.77. The molecule has 0 aromatic heterocycles. The van der Waals surface area contributed by atoms with Crippen LogP contribution in [0.4, 0.5) is 0 Å². The van der Waals surface area contributed by atoms with E-state index in [0.717, 1.165) is 24.8 Å². The molecule has 0 saturated carbocycles. The molecule has 0 aliphatic heterocycles. The van der Waals surface area contributed by atoms with Crippen LogP contribution in [0.1, 0.15) is 31.7 Å². The molecule has 0 heterocycles. The van der Waals surface area contributed by atoms with E-state index in [9.17, 15) is 9.59 Å². The summed E-state index contributed by atoms with van der Waals surface area (Å²) in [5.74, 6) is -0.368. The van der Waals surface area contributed by atoms with Crippen molar-refractivity contribution in [3.05, 3.63) is 35.9 Å². The lowest BCUT2D eigenvalue weighted by molar-refractivity contribution is -0.147. The number of carbonyl (C=O) groups excluding carboxylic acids is 2. The van der Waals surface area contributed by atoms with E-state index in [1.807, 2.05) is 30.3 Å². The smallest absolute Gasteiger partial charge is 0.328 e. The van der Waals surface area contributed by atoms with Crippen molar-refractivity contribution < 1.29 is 14.3 Å². The third-order valence-corrected chi connectivity index (χ3v) is 2.83. The summed E-state index contributed by atoms with van der Waals surface area (Å²) in [6.07, 6.45) is 3.98. The third kappa shape index (κ3) is 6.04. The maximum Gasteiger partial charge on any atom is 0.328 e. The van der Waals surface area contributed by atoms with Gasteiger partial charge in [0.2, 0.25) is 6.41 Å². The highest BCUT2D eigenvalue weighted by Gasteiger charge is 2.19. The van der Waals surface area contributed by atoms with E-state index in [0.29, 0.717) is 19.4 Å². The van der Waals surface area contributed by atoms with E-state index in [-0.39, 0.29) is 5.97 Å². The molecule has 4 heteroatoms. The van der Waals surface area contributed by atoms with Gasteiger partial charge >= 0.3 is 5.97 Å². The molecule has 1 N–H and O–H groups in total. The molecule has 1 aromatic rings. The van der Waals surface area contributed by atoms with Crippen molar-refractivity contribution in [2.75, 3.05) is 6.61 Å².